The minimum absolute atomic E-state index is 0.179. The topological polar surface area (TPSA) is 113 Å². The maximum absolute atomic E-state index is 12.1. The third kappa shape index (κ3) is 4.51. The van der Waals surface area contributed by atoms with Crippen LogP contribution in [0.5, 0.6) is 0 Å². The molecule has 0 bridgehead atoms. The standard InChI is InChI=1S/C12H21N3O4/c1-8(7-13)2-3-10(16)15-5-4-14-12(19)9(15)6-11(17)18/h8-9H,2-7,13H2,1H3,(H,14,19)(H,17,18). The molecule has 0 saturated carbocycles. The van der Waals surface area contributed by atoms with Gasteiger partial charge in [0.15, 0.2) is 0 Å². The number of amides is 2. The first-order valence-corrected chi connectivity index (χ1v) is 6.44. The smallest absolute Gasteiger partial charge is 0.305 e. The van der Waals surface area contributed by atoms with Crippen molar-refractivity contribution in [1.29, 1.82) is 0 Å². The van der Waals surface area contributed by atoms with Gasteiger partial charge in [-0.1, -0.05) is 6.92 Å². The highest BCUT2D eigenvalue weighted by atomic mass is 16.4. The molecule has 0 aliphatic carbocycles. The van der Waals surface area contributed by atoms with E-state index in [-0.39, 0.29) is 18.2 Å². The molecule has 1 fully saturated rings. The Morgan fingerprint density at radius 1 is 1.58 bits per heavy atom. The molecule has 1 aliphatic rings. The van der Waals surface area contributed by atoms with Crippen LogP contribution in [-0.2, 0) is 14.4 Å². The fraction of sp³-hybridized carbons (Fsp3) is 0.750. The molecule has 2 unspecified atom stereocenters. The zero-order chi connectivity index (χ0) is 14.4. The number of carbonyl (C=O) groups excluding carboxylic acids is 2. The second kappa shape index (κ2) is 7.08. The summed E-state index contributed by atoms with van der Waals surface area (Å²) in [5.74, 6) is -1.43. The Morgan fingerprint density at radius 3 is 2.84 bits per heavy atom. The number of hydrogen-bond donors (Lipinski definition) is 3. The summed E-state index contributed by atoms with van der Waals surface area (Å²) in [5.41, 5.74) is 5.49. The fourth-order valence-electron chi connectivity index (χ4n) is 2.01. The molecule has 1 heterocycles. The first-order valence-electron chi connectivity index (χ1n) is 6.44. The number of nitrogens with zero attached hydrogens (tertiary/aromatic N) is 1. The third-order valence-electron chi connectivity index (χ3n) is 3.27. The first-order chi connectivity index (χ1) is 8.95. The maximum atomic E-state index is 12.1. The second-order valence-electron chi connectivity index (χ2n) is 4.87. The van der Waals surface area contributed by atoms with Crippen molar-refractivity contribution in [3.63, 3.8) is 0 Å². The number of carbonyl (C=O) groups is 3. The molecule has 0 aromatic heterocycles. The molecule has 0 aromatic rings. The summed E-state index contributed by atoms with van der Waals surface area (Å²) in [5, 5.41) is 11.4. The molecule has 0 spiro atoms. The van der Waals surface area contributed by atoms with Gasteiger partial charge in [0.1, 0.15) is 6.04 Å². The van der Waals surface area contributed by atoms with Gasteiger partial charge in [-0.3, -0.25) is 14.4 Å². The van der Waals surface area contributed by atoms with Gasteiger partial charge in [-0.05, 0) is 18.9 Å². The molecule has 2 atom stereocenters. The number of aliphatic carboxylic acids is 1. The van der Waals surface area contributed by atoms with Gasteiger partial charge in [0.25, 0.3) is 0 Å². The quantitative estimate of drug-likeness (QED) is 0.583. The minimum Gasteiger partial charge on any atom is -0.481 e. The van der Waals surface area contributed by atoms with Crippen LogP contribution in [-0.4, -0.2) is 53.5 Å². The van der Waals surface area contributed by atoms with E-state index in [1.807, 2.05) is 6.92 Å². The van der Waals surface area contributed by atoms with Crippen LogP contribution in [0.3, 0.4) is 0 Å². The second-order valence-corrected chi connectivity index (χ2v) is 4.87. The molecular weight excluding hydrogens is 250 g/mol. The largest absolute Gasteiger partial charge is 0.481 e. The molecule has 1 rings (SSSR count). The number of carboxylic acid groups (broad SMARTS) is 1. The predicted octanol–water partition coefficient (Wildman–Crippen LogP) is -0.837. The summed E-state index contributed by atoms with van der Waals surface area (Å²) < 4.78 is 0. The number of piperazine rings is 1. The van der Waals surface area contributed by atoms with Gasteiger partial charge in [-0.25, -0.2) is 0 Å². The van der Waals surface area contributed by atoms with E-state index in [1.54, 1.807) is 0 Å². The van der Waals surface area contributed by atoms with Crippen LogP contribution in [0.2, 0.25) is 0 Å². The Kier molecular flexibility index (Phi) is 5.75. The van der Waals surface area contributed by atoms with E-state index in [2.05, 4.69) is 5.32 Å². The average Bonchev–Trinajstić information content (AvgIpc) is 2.37. The third-order valence-corrected chi connectivity index (χ3v) is 3.27. The van der Waals surface area contributed by atoms with Crippen molar-refractivity contribution < 1.29 is 19.5 Å². The molecule has 19 heavy (non-hydrogen) atoms. The maximum Gasteiger partial charge on any atom is 0.305 e. The van der Waals surface area contributed by atoms with E-state index in [0.717, 1.165) is 0 Å². The zero-order valence-electron chi connectivity index (χ0n) is 11.1. The Bertz CT molecular complexity index is 359. The monoisotopic (exact) mass is 271 g/mol. The van der Waals surface area contributed by atoms with Crippen molar-refractivity contribution in [1.82, 2.24) is 10.2 Å². The van der Waals surface area contributed by atoms with Crippen molar-refractivity contribution >= 4 is 17.8 Å². The van der Waals surface area contributed by atoms with Crippen LogP contribution in [0, 0.1) is 5.92 Å². The van der Waals surface area contributed by atoms with Crippen LogP contribution >= 0.6 is 0 Å². The van der Waals surface area contributed by atoms with Gasteiger partial charge in [0.05, 0.1) is 6.42 Å². The molecule has 2 amide bonds. The van der Waals surface area contributed by atoms with Crippen LogP contribution < -0.4 is 11.1 Å². The average molecular weight is 271 g/mol. The Morgan fingerprint density at radius 2 is 2.26 bits per heavy atom. The molecule has 1 aliphatic heterocycles. The molecule has 7 nitrogen and oxygen atoms in total. The lowest BCUT2D eigenvalue weighted by atomic mass is 10.0. The molecular formula is C12H21N3O4. The molecule has 0 radical (unpaired) electrons. The number of nitrogens with two attached hydrogens (primary N) is 1. The summed E-state index contributed by atoms with van der Waals surface area (Å²) in [6.07, 6.45) is 0.582. The van der Waals surface area contributed by atoms with Gasteiger partial charge in [-0.2, -0.15) is 0 Å². The summed E-state index contributed by atoms with van der Waals surface area (Å²) in [4.78, 5) is 35.8. The van der Waals surface area contributed by atoms with E-state index < -0.39 is 17.9 Å². The summed E-state index contributed by atoms with van der Waals surface area (Å²) in [7, 11) is 0. The van der Waals surface area contributed by atoms with E-state index >= 15 is 0 Å². The Hall–Kier alpha value is -1.63. The predicted molar refractivity (Wildman–Crippen MR) is 68.2 cm³/mol. The SMILES string of the molecule is CC(CN)CCC(=O)N1CCNC(=O)C1CC(=O)O. The number of carboxylic acids is 1. The van der Waals surface area contributed by atoms with E-state index in [1.165, 1.54) is 4.90 Å². The lowest BCUT2D eigenvalue weighted by molar-refractivity contribution is -0.148. The van der Waals surface area contributed by atoms with Gasteiger partial charge in [-0.15, -0.1) is 0 Å². The molecule has 108 valence electrons. The highest BCUT2D eigenvalue weighted by Crippen LogP contribution is 2.13. The molecule has 7 heteroatoms. The fourth-order valence-corrected chi connectivity index (χ4v) is 2.01. The van der Waals surface area contributed by atoms with Crippen LogP contribution in [0.15, 0.2) is 0 Å². The minimum atomic E-state index is -1.09. The highest BCUT2D eigenvalue weighted by molar-refractivity contribution is 5.91. The van der Waals surface area contributed by atoms with Gasteiger partial charge >= 0.3 is 5.97 Å². The molecule has 0 aromatic carbocycles. The van der Waals surface area contributed by atoms with Crippen LogP contribution in [0.4, 0.5) is 0 Å². The molecule has 1 saturated heterocycles. The lowest BCUT2D eigenvalue weighted by Gasteiger charge is -2.34. The van der Waals surface area contributed by atoms with Gasteiger partial charge < -0.3 is 21.1 Å². The number of nitrogens with one attached hydrogen (secondary N) is 1. The summed E-state index contributed by atoms with van der Waals surface area (Å²) >= 11 is 0. The lowest BCUT2D eigenvalue weighted by Crippen LogP contribution is -2.57. The van der Waals surface area contributed by atoms with Crippen molar-refractivity contribution in [2.24, 2.45) is 11.7 Å². The van der Waals surface area contributed by atoms with E-state index in [4.69, 9.17) is 10.8 Å². The van der Waals surface area contributed by atoms with Gasteiger partial charge in [0, 0.05) is 19.5 Å². The number of rotatable bonds is 6. The van der Waals surface area contributed by atoms with Crippen molar-refractivity contribution in [3.8, 4) is 0 Å². The molecule has 4 N–H and O–H groups in total. The zero-order valence-corrected chi connectivity index (χ0v) is 11.1. The Balaban J connectivity index is 2.63. The summed E-state index contributed by atoms with van der Waals surface area (Å²) in [6.45, 7) is 3.18. The first kappa shape index (κ1) is 15.4. The van der Waals surface area contributed by atoms with Crippen molar-refractivity contribution in [2.45, 2.75) is 32.2 Å². The highest BCUT2D eigenvalue weighted by Gasteiger charge is 2.34. The Labute approximate surface area is 112 Å². The van der Waals surface area contributed by atoms with Gasteiger partial charge in [0.2, 0.25) is 11.8 Å². The van der Waals surface area contributed by atoms with E-state index in [0.29, 0.717) is 32.5 Å². The van der Waals surface area contributed by atoms with Crippen LogP contribution in [0.1, 0.15) is 26.2 Å². The summed E-state index contributed by atoms with van der Waals surface area (Å²) in [6, 6.07) is -0.896. The van der Waals surface area contributed by atoms with Crippen LogP contribution in [0.25, 0.3) is 0 Å². The van der Waals surface area contributed by atoms with E-state index in [9.17, 15) is 14.4 Å². The number of hydrogen-bond acceptors (Lipinski definition) is 4. The normalized spacial score (nSPS) is 20.8. The van der Waals surface area contributed by atoms with Crippen molar-refractivity contribution in [2.75, 3.05) is 19.6 Å². The van der Waals surface area contributed by atoms with Crippen molar-refractivity contribution in [3.05, 3.63) is 0 Å².